The van der Waals surface area contributed by atoms with Crippen molar-refractivity contribution in [3.8, 4) is 0 Å². The van der Waals surface area contributed by atoms with E-state index in [9.17, 15) is 9.59 Å². The van der Waals surface area contributed by atoms with Gasteiger partial charge in [-0.15, -0.1) is 11.3 Å². The minimum atomic E-state index is -0.269. The van der Waals surface area contributed by atoms with Crippen LogP contribution >= 0.6 is 11.3 Å². The molecule has 2 amide bonds. The van der Waals surface area contributed by atoms with Gasteiger partial charge in [-0.2, -0.15) is 0 Å². The summed E-state index contributed by atoms with van der Waals surface area (Å²) in [5.41, 5.74) is 0. The Bertz CT molecular complexity index is 621. The summed E-state index contributed by atoms with van der Waals surface area (Å²) in [6, 6.07) is 4.04. The lowest BCUT2D eigenvalue weighted by Gasteiger charge is -2.40. The first kappa shape index (κ1) is 18.0. The number of carbonyl (C=O) groups excluding carboxylic acids is 2. The van der Waals surface area contributed by atoms with Crippen LogP contribution in [-0.2, 0) is 4.79 Å². The van der Waals surface area contributed by atoms with Crippen molar-refractivity contribution in [1.82, 2.24) is 15.1 Å². The molecule has 6 heteroatoms. The molecule has 5 nitrogen and oxygen atoms in total. The standard InChI is InChI=1S/C20H29N3O2S/c24-19(22-11-8-16(9-12-22)21-14-15-6-7-15)17-4-1-2-10-23(17)20(25)18-5-3-13-26-18/h3,5,13,15-17,21H,1-2,4,6-12,14H2. The second kappa shape index (κ2) is 8.09. The Kier molecular flexibility index (Phi) is 5.60. The normalized spacial score (nSPS) is 24.7. The Labute approximate surface area is 159 Å². The van der Waals surface area contributed by atoms with Crippen LogP contribution in [0.2, 0.25) is 0 Å². The molecule has 2 saturated heterocycles. The van der Waals surface area contributed by atoms with Crippen molar-refractivity contribution in [1.29, 1.82) is 0 Å². The van der Waals surface area contributed by atoms with E-state index < -0.39 is 0 Å². The third-order valence-corrected chi connectivity index (χ3v) is 6.84. The van der Waals surface area contributed by atoms with E-state index in [0.29, 0.717) is 12.6 Å². The smallest absolute Gasteiger partial charge is 0.264 e. The van der Waals surface area contributed by atoms with Gasteiger partial charge >= 0.3 is 0 Å². The molecule has 1 saturated carbocycles. The van der Waals surface area contributed by atoms with E-state index in [2.05, 4.69) is 5.32 Å². The lowest BCUT2D eigenvalue weighted by molar-refractivity contribution is -0.138. The zero-order valence-electron chi connectivity index (χ0n) is 15.4. The Balaban J connectivity index is 1.34. The lowest BCUT2D eigenvalue weighted by Crippen LogP contribution is -2.55. The van der Waals surface area contributed by atoms with E-state index in [0.717, 1.165) is 62.5 Å². The highest BCUT2D eigenvalue weighted by atomic mass is 32.1. The molecular formula is C20H29N3O2S. The zero-order chi connectivity index (χ0) is 17.9. The van der Waals surface area contributed by atoms with Gasteiger partial charge in [-0.3, -0.25) is 9.59 Å². The molecular weight excluding hydrogens is 346 g/mol. The van der Waals surface area contributed by atoms with Crippen molar-refractivity contribution < 1.29 is 9.59 Å². The molecule has 0 spiro atoms. The first-order valence-corrected chi connectivity index (χ1v) is 11.0. The first-order chi connectivity index (χ1) is 12.7. The van der Waals surface area contributed by atoms with E-state index in [4.69, 9.17) is 0 Å². The van der Waals surface area contributed by atoms with Crippen LogP contribution in [-0.4, -0.2) is 59.9 Å². The minimum absolute atomic E-state index is 0.0269. The summed E-state index contributed by atoms with van der Waals surface area (Å²) < 4.78 is 0. The number of amides is 2. The van der Waals surface area contributed by atoms with Gasteiger partial charge in [-0.25, -0.2) is 0 Å². The highest BCUT2D eigenvalue weighted by Gasteiger charge is 2.36. The summed E-state index contributed by atoms with van der Waals surface area (Å²) in [5, 5.41) is 5.59. The molecule has 26 heavy (non-hydrogen) atoms. The number of piperidine rings is 2. The number of hydrogen-bond donors (Lipinski definition) is 1. The molecule has 0 radical (unpaired) electrons. The van der Waals surface area contributed by atoms with Gasteiger partial charge in [0.25, 0.3) is 5.91 Å². The molecule has 1 N–H and O–H groups in total. The molecule has 3 heterocycles. The molecule has 1 aliphatic carbocycles. The van der Waals surface area contributed by atoms with Crippen LogP contribution in [0.1, 0.15) is 54.6 Å². The molecule has 0 bridgehead atoms. The fourth-order valence-corrected chi connectivity index (χ4v) is 4.82. The summed E-state index contributed by atoms with van der Waals surface area (Å²) in [5.74, 6) is 1.09. The second-order valence-electron chi connectivity index (χ2n) is 7.94. The largest absolute Gasteiger partial charge is 0.341 e. The number of likely N-dealkylation sites (tertiary alicyclic amines) is 2. The minimum Gasteiger partial charge on any atom is -0.341 e. The van der Waals surface area contributed by atoms with Gasteiger partial charge in [0, 0.05) is 25.7 Å². The van der Waals surface area contributed by atoms with Gasteiger partial charge in [-0.05, 0) is 68.9 Å². The van der Waals surface area contributed by atoms with Gasteiger partial charge < -0.3 is 15.1 Å². The molecule has 1 atom stereocenters. The van der Waals surface area contributed by atoms with Crippen molar-refractivity contribution in [3.05, 3.63) is 22.4 Å². The number of carbonyl (C=O) groups is 2. The molecule has 1 unspecified atom stereocenters. The van der Waals surface area contributed by atoms with E-state index in [1.807, 2.05) is 27.3 Å². The van der Waals surface area contributed by atoms with Crippen LogP contribution in [0.25, 0.3) is 0 Å². The second-order valence-corrected chi connectivity index (χ2v) is 8.89. The predicted molar refractivity (Wildman–Crippen MR) is 103 cm³/mol. The van der Waals surface area contributed by atoms with E-state index in [1.165, 1.54) is 24.2 Å². The Morgan fingerprint density at radius 2 is 1.88 bits per heavy atom. The van der Waals surface area contributed by atoms with E-state index in [1.54, 1.807) is 0 Å². The van der Waals surface area contributed by atoms with Gasteiger partial charge in [0.05, 0.1) is 4.88 Å². The quantitative estimate of drug-likeness (QED) is 0.861. The zero-order valence-corrected chi connectivity index (χ0v) is 16.2. The van der Waals surface area contributed by atoms with Gasteiger partial charge in [-0.1, -0.05) is 6.07 Å². The van der Waals surface area contributed by atoms with Crippen LogP contribution in [0.3, 0.4) is 0 Å². The average molecular weight is 376 g/mol. The van der Waals surface area contributed by atoms with Gasteiger partial charge in [0.1, 0.15) is 6.04 Å². The highest BCUT2D eigenvalue weighted by Crippen LogP contribution is 2.28. The Morgan fingerprint density at radius 3 is 2.58 bits per heavy atom. The van der Waals surface area contributed by atoms with E-state index in [-0.39, 0.29) is 17.9 Å². The first-order valence-electron chi connectivity index (χ1n) is 10.1. The average Bonchev–Trinajstić information content (AvgIpc) is 3.36. The van der Waals surface area contributed by atoms with Crippen LogP contribution in [0.4, 0.5) is 0 Å². The monoisotopic (exact) mass is 375 g/mol. The Morgan fingerprint density at radius 1 is 1.08 bits per heavy atom. The van der Waals surface area contributed by atoms with Crippen LogP contribution in [0.5, 0.6) is 0 Å². The summed E-state index contributed by atoms with van der Waals surface area (Å²) in [6.07, 6.45) is 7.64. The van der Waals surface area contributed by atoms with E-state index >= 15 is 0 Å². The number of rotatable bonds is 5. The SMILES string of the molecule is O=C(C1CCCCN1C(=O)c1cccs1)N1CCC(NCC2CC2)CC1. The van der Waals surface area contributed by atoms with Gasteiger partial charge in [0.2, 0.25) is 5.91 Å². The molecule has 3 aliphatic rings. The van der Waals surface area contributed by atoms with Gasteiger partial charge in [0.15, 0.2) is 0 Å². The maximum Gasteiger partial charge on any atom is 0.264 e. The summed E-state index contributed by atoms with van der Waals surface area (Å²) in [4.78, 5) is 30.5. The molecule has 3 fully saturated rings. The molecule has 4 rings (SSSR count). The molecule has 142 valence electrons. The lowest BCUT2D eigenvalue weighted by atomic mass is 9.98. The molecule has 1 aromatic rings. The van der Waals surface area contributed by atoms with Crippen LogP contribution in [0.15, 0.2) is 17.5 Å². The number of nitrogens with zero attached hydrogens (tertiary/aromatic N) is 2. The fourth-order valence-electron chi connectivity index (χ4n) is 4.14. The maximum absolute atomic E-state index is 13.1. The maximum atomic E-state index is 13.1. The summed E-state index contributed by atoms with van der Waals surface area (Å²) >= 11 is 1.46. The fraction of sp³-hybridized carbons (Fsp3) is 0.700. The topological polar surface area (TPSA) is 52.7 Å². The predicted octanol–water partition coefficient (Wildman–Crippen LogP) is 2.73. The third-order valence-electron chi connectivity index (χ3n) is 5.98. The van der Waals surface area contributed by atoms with Crippen molar-refractivity contribution in [2.75, 3.05) is 26.2 Å². The van der Waals surface area contributed by atoms with Crippen molar-refractivity contribution >= 4 is 23.2 Å². The summed E-state index contributed by atoms with van der Waals surface area (Å²) in [7, 11) is 0. The number of nitrogens with one attached hydrogen (secondary N) is 1. The van der Waals surface area contributed by atoms with Crippen LogP contribution in [0, 0.1) is 5.92 Å². The molecule has 0 aromatic carbocycles. The van der Waals surface area contributed by atoms with Crippen molar-refractivity contribution in [2.45, 2.75) is 57.0 Å². The van der Waals surface area contributed by atoms with Crippen LogP contribution < -0.4 is 5.32 Å². The van der Waals surface area contributed by atoms with Crippen molar-refractivity contribution in [2.24, 2.45) is 5.92 Å². The van der Waals surface area contributed by atoms with Crippen molar-refractivity contribution in [3.63, 3.8) is 0 Å². The third kappa shape index (κ3) is 4.12. The molecule has 2 aliphatic heterocycles. The Hall–Kier alpha value is -1.40. The summed E-state index contributed by atoms with van der Waals surface area (Å²) in [6.45, 7) is 3.48. The highest BCUT2D eigenvalue weighted by molar-refractivity contribution is 7.12. The molecule has 1 aromatic heterocycles. The number of thiophene rings is 1. The number of hydrogen-bond acceptors (Lipinski definition) is 4.